The number of benzene rings is 1. The highest BCUT2D eigenvalue weighted by atomic mass is 19.1. The van der Waals surface area contributed by atoms with Crippen molar-refractivity contribution in [2.75, 3.05) is 32.8 Å². The van der Waals surface area contributed by atoms with Crippen LogP contribution in [0.3, 0.4) is 0 Å². The molecule has 1 saturated heterocycles. The van der Waals surface area contributed by atoms with Crippen LogP contribution in [0.4, 0.5) is 8.78 Å². The largest absolute Gasteiger partial charge is 0.489 e. The van der Waals surface area contributed by atoms with Crippen LogP contribution < -0.4 is 15.4 Å². The van der Waals surface area contributed by atoms with E-state index in [0.717, 1.165) is 25.1 Å². The van der Waals surface area contributed by atoms with Crippen LogP contribution in [-0.4, -0.2) is 55.6 Å². The predicted molar refractivity (Wildman–Crippen MR) is 96.2 cm³/mol. The maximum Gasteiger partial charge on any atom is 0.222 e. The number of nitrogens with zero attached hydrogens (tertiary/aromatic N) is 2. The third-order valence-corrected chi connectivity index (χ3v) is 4.04. The molecule has 0 saturated carbocycles. The first-order valence-electron chi connectivity index (χ1n) is 8.94. The summed E-state index contributed by atoms with van der Waals surface area (Å²) in [4.78, 5) is 18.0. The maximum absolute atomic E-state index is 13.5. The molecule has 0 bridgehead atoms. The van der Waals surface area contributed by atoms with E-state index in [2.05, 4.69) is 15.6 Å². The van der Waals surface area contributed by atoms with Gasteiger partial charge in [-0.15, -0.1) is 0 Å². The van der Waals surface area contributed by atoms with E-state index in [4.69, 9.17) is 4.74 Å². The molecule has 26 heavy (non-hydrogen) atoms. The number of amides is 1. The van der Waals surface area contributed by atoms with E-state index < -0.39 is 11.6 Å². The fourth-order valence-electron chi connectivity index (χ4n) is 2.75. The van der Waals surface area contributed by atoms with Crippen LogP contribution in [0.5, 0.6) is 5.75 Å². The van der Waals surface area contributed by atoms with Crippen LogP contribution in [-0.2, 0) is 4.79 Å². The molecule has 1 amide bonds. The number of guanidine groups is 1. The minimum Gasteiger partial charge on any atom is -0.489 e. The summed E-state index contributed by atoms with van der Waals surface area (Å²) < 4.78 is 31.7. The van der Waals surface area contributed by atoms with Gasteiger partial charge in [0.25, 0.3) is 0 Å². The van der Waals surface area contributed by atoms with Crippen molar-refractivity contribution in [2.45, 2.75) is 32.7 Å². The molecule has 0 spiro atoms. The second kappa shape index (κ2) is 9.94. The SMILES string of the molecule is CCNC(=NCCOc1ccc(F)cc1F)NC1CCN(C(=O)CC)C1. The van der Waals surface area contributed by atoms with Crippen LogP contribution in [0.25, 0.3) is 0 Å². The van der Waals surface area contributed by atoms with Gasteiger partial charge in [0.2, 0.25) is 5.91 Å². The summed E-state index contributed by atoms with van der Waals surface area (Å²) >= 11 is 0. The number of nitrogens with one attached hydrogen (secondary N) is 2. The van der Waals surface area contributed by atoms with Crippen molar-refractivity contribution >= 4 is 11.9 Å². The van der Waals surface area contributed by atoms with E-state index in [0.29, 0.717) is 32.0 Å². The fraction of sp³-hybridized carbons (Fsp3) is 0.556. The monoisotopic (exact) mass is 368 g/mol. The summed E-state index contributed by atoms with van der Waals surface area (Å²) in [5.74, 6) is -0.578. The molecule has 1 aliphatic heterocycles. The zero-order valence-corrected chi connectivity index (χ0v) is 15.2. The molecule has 1 fully saturated rings. The molecule has 8 heteroatoms. The Bertz CT molecular complexity index is 640. The molecule has 1 aliphatic rings. The first-order valence-corrected chi connectivity index (χ1v) is 8.94. The molecule has 6 nitrogen and oxygen atoms in total. The van der Waals surface area contributed by atoms with Crippen LogP contribution in [0.15, 0.2) is 23.2 Å². The molecule has 1 aromatic rings. The van der Waals surface area contributed by atoms with Gasteiger partial charge in [-0.2, -0.15) is 0 Å². The summed E-state index contributed by atoms with van der Waals surface area (Å²) in [6.45, 7) is 6.41. The number of halogens is 2. The maximum atomic E-state index is 13.5. The normalized spacial score (nSPS) is 17.3. The topological polar surface area (TPSA) is 66.0 Å². The van der Waals surface area contributed by atoms with Crippen molar-refractivity contribution in [3.63, 3.8) is 0 Å². The number of hydrogen-bond acceptors (Lipinski definition) is 3. The number of rotatable bonds is 7. The van der Waals surface area contributed by atoms with Crippen molar-refractivity contribution in [3.8, 4) is 5.75 Å². The number of carbonyl (C=O) groups is 1. The van der Waals surface area contributed by atoms with E-state index in [1.54, 1.807) is 0 Å². The van der Waals surface area contributed by atoms with E-state index in [-0.39, 0.29) is 24.3 Å². The Morgan fingerprint density at radius 1 is 1.38 bits per heavy atom. The van der Waals surface area contributed by atoms with E-state index in [1.165, 1.54) is 6.07 Å². The quantitative estimate of drug-likeness (QED) is 0.438. The third-order valence-electron chi connectivity index (χ3n) is 4.04. The second-order valence-corrected chi connectivity index (χ2v) is 6.01. The molecule has 1 atom stereocenters. The lowest BCUT2D eigenvalue weighted by molar-refractivity contribution is -0.129. The standard InChI is InChI=1S/C18H26F2N4O2/c1-3-17(25)24-9-7-14(12-24)23-18(21-4-2)22-8-10-26-16-6-5-13(19)11-15(16)20/h5-6,11,14H,3-4,7-10,12H2,1-2H3,(H2,21,22,23). The van der Waals surface area contributed by atoms with Crippen molar-refractivity contribution in [2.24, 2.45) is 4.99 Å². The van der Waals surface area contributed by atoms with Gasteiger partial charge in [0, 0.05) is 38.2 Å². The molecular formula is C18H26F2N4O2. The average molecular weight is 368 g/mol. The highest BCUT2D eigenvalue weighted by Crippen LogP contribution is 2.17. The lowest BCUT2D eigenvalue weighted by Gasteiger charge is -2.18. The Kier molecular flexibility index (Phi) is 7.62. The average Bonchev–Trinajstić information content (AvgIpc) is 3.08. The Labute approximate surface area is 152 Å². The van der Waals surface area contributed by atoms with Crippen LogP contribution >= 0.6 is 0 Å². The van der Waals surface area contributed by atoms with Gasteiger partial charge >= 0.3 is 0 Å². The van der Waals surface area contributed by atoms with Gasteiger partial charge in [0.1, 0.15) is 12.4 Å². The van der Waals surface area contributed by atoms with Gasteiger partial charge in [0.15, 0.2) is 17.5 Å². The zero-order chi connectivity index (χ0) is 18.9. The van der Waals surface area contributed by atoms with Gasteiger partial charge in [-0.25, -0.2) is 13.8 Å². The molecule has 1 aromatic carbocycles. The van der Waals surface area contributed by atoms with Crippen LogP contribution in [0.1, 0.15) is 26.7 Å². The Morgan fingerprint density at radius 2 is 2.19 bits per heavy atom. The number of ether oxygens (including phenoxy) is 1. The molecule has 1 unspecified atom stereocenters. The molecule has 144 valence electrons. The van der Waals surface area contributed by atoms with Gasteiger partial charge in [-0.1, -0.05) is 6.92 Å². The van der Waals surface area contributed by atoms with Crippen LogP contribution in [0, 0.1) is 11.6 Å². The highest BCUT2D eigenvalue weighted by molar-refractivity contribution is 5.80. The molecule has 2 rings (SSSR count). The molecular weight excluding hydrogens is 342 g/mol. The Balaban J connectivity index is 1.82. The van der Waals surface area contributed by atoms with Crippen molar-refractivity contribution < 1.29 is 18.3 Å². The van der Waals surface area contributed by atoms with Gasteiger partial charge in [-0.05, 0) is 25.5 Å². The number of hydrogen-bond donors (Lipinski definition) is 2. The lowest BCUT2D eigenvalue weighted by Crippen LogP contribution is -2.45. The molecule has 2 N–H and O–H groups in total. The van der Waals surface area contributed by atoms with Gasteiger partial charge in [-0.3, -0.25) is 4.79 Å². The highest BCUT2D eigenvalue weighted by Gasteiger charge is 2.25. The van der Waals surface area contributed by atoms with Crippen molar-refractivity contribution in [1.29, 1.82) is 0 Å². The van der Waals surface area contributed by atoms with Crippen LogP contribution in [0.2, 0.25) is 0 Å². The fourth-order valence-corrected chi connectivity index (χ4v) is 2.75. The minimum absolute atomic E-state index is 0.00377. The number of aliphatic imine (C=N–C) groups is 1. The molecule has 0 aliphatic carbocycles. The Hall–Kier alpha value is -2.38. The number of likely N-dealkylation sites (tertiary alicyclic amines) is 1. The lowest BCUT2D eigenvalue weighted by atomic mass is 10.3. The van der Waals surface area contributed by atoms with E-state index in [1.807, 2.05) is 18.7 Å². The van der Waals surface area contributed by atoms with Crippen molar-refractivity contribution in [3.05, 3.63) is 29.8 Å². The summed E-state index contributed by atoms with van der Waals surface area (Å²) in [5.41, 5.74) is 0. The third kappa shape index (κ3) is 5.86. The predicted octanol–water partition coefficient (Wildman–Crippen LogP) is 1.91. The summed E-state index contributed by atoms with van der Waals surface area (Å²) in [7, 11) is 0. The first kappa shape index (κ1) is 19.9. The van der Waals surface area contributed by atoms with Crippen molar-refractivity contribution in [1.82, 2.24) is 15.5 Å². The Morgan fingerprint density at radius 3 is 2.88 bits per heavy atom. The first-order chi connectivity index (χ1) is 12.5. The molecule has 0 radical (unpaired) electrons. The summed E-state index contributed by atoms with van der Waals surface area (Å²) in [5, 5.41) is 6.45. The second-order valence-electron chi connectivity index (χ2n) is 6.01. The van der Waals surface area contributed by atoms with Gasteiger partial charge in [0.05, 0.1) is 6.54 Å². The van der Waals surface area contributed by atoms with E-state index >= 15 is 0 Å². The summed E-state index contributed by atoms with van der Waals surface area (Å²) in [6.07, 6.45) is 1.38. The number of carbonyl (C=O) groups excluding carboxylic acids is 1. The van der Waals surface area contributed by atoms with E-state index in [9.17, 15) is 13.6 Å². The minimum atomic E-state index is -0.731. The summed E-state index contributed by atoms with van der Waals surface area (Å²) in [6, 6.07) is 3.35. The molecule has 1 heterocycles. The smallest absolute Gasteiger partial charge is 0.222 e. The van der Waals surface area contributed by atoms with Gasteiger partial charge < -0.3 is 20.3 Å². The molecule has 0 aromatic heterocycles. The zero-order valence-electron chi connectivity index (χ0n) is 15.2.